The Balaban J connectivity index is 1.27. The van der Waals surface area contributed by atoms with Crippen molar-refractivity contribution in [1.82, 2.24) is 14.9 Å². The van der Waals surface area contributed by atoms with Crippen molar-refractivity contribution < 1.29 is 13.9 Å². The molecule has 206 valence electrons. The average Bonchev–Trinajstić information content (AvgIpc) is 2.89. The quantitative estimate of drug-likeness (QED) is 0.282. The summed E-state index contributed by atoms with van der Waals surface area (Å²) in [5.74, 6) is 0.149. The van der Waals surface area contributed by atoms with E-state index in [4.69, 9.17) is 43.8 Å². The molecule has 11 heteroatoms. The van der Waals surface area contributed by atoms with Gasteiger partial charge in [0.25, 0.3) is 0 Å². The van der Waals surface area contributed by atoms with Crippen molar-refractivity contribution >= 4 is 40.4 Å². The first kappa shape index (κ1) is 27.6. The molecule has 0 radical (unpaired) electrons. The minimum Gasteiger partial charge on any atom is -0.483 e. The lowest BCUT2D eigenvalue weighted by Crippen LogP contribution is -2.60. The second-order valence-corrected chi connectivity index (χ2v) is 11.3. The molecule has 0 aliphatic carbocycles. The number of nitrogens with one attached hydrogen (secondary N) is 1. The summed E-state index contributed by atoms with van der Waals surface area (Å²) >= 11 is 12.5. The highest BCUT2D eigenvalue weighted by atomic mass is 35.5. The van der Waals surface area contributed by atoms with Gasteiger partial charge in [0.05, 0.1) is 29.0 Å². The highest BCUT2D eigenvalue weighted by molar-refractivity contribution is 6.35. The molecule has 3 N–H and O–H groups in total. The Labute approximate surface area is 237 Å². The summed E-state index contributed by atoms with van der Waals surface area (Å²) in [5, 5.41) is 9.39. The van der Waals surface area contributed by atoms with Crippen molar-refractivity contribution in [1.29, 1.82) is 5.41 Å². The van der Waals surface area contributed by atoms with Gasteiger partial charge in [-0.05, 0) is 25.1 Å². The molecule has 2 fully saturated rings. The average molecular weight is 574 g/mol. The van der Waals surface area contributed by atoms with Crippen LogP contribution in [0.25, 0.3) is 0 Å². The van der Waals surface area contributed by atoms with Crippen LogP contribution in [0.5, 0.6) is 5.75 Å². The van der Waals surface area contributed by atoms with Crippen LogP contribution in [-0.2, 0) is 4.74 Å². The maximum Gasteiger partial charge on any atom is 0.167 e. The molecule has 8 nitrogen and oxygen atoms in total. The molecule has 2 aromatic heterocycles. The van der Waals surface area contributed by atoms with Crippen LogP contribution in [0.1, 0.15) is 36.6 Å². The van der Waals surface area contributed by atoms with E-state index in [1.54, 1.807) is 13.1 Å². The zero-order valence-electron chi connectivity index (χ0n) is 21.9. The molecule has 39 heavy (non-hydrogen) atoms. The smallest absolute Gasteiger partial charge is 0.167 e. The number of benzene rings is 1. The molecular formula is C28H31Cl2FN6O2. The van der Waals surface area contributed by atoms with Gasteiger partial charge in [0.2, 0.25) is 0 Å². The fraction of sp³-hybridized carbons (Fsp3) is 0.393. The third-order valence-electron chi connectivity index (χ3n) is 7.19. The van der Waals surface area contributed by atoms with Crippen LogP contribution in [0.3, 0.4) is 0 Å². The van der Waals surface area contributed by atoms with Crippen LogP contribution in [0.4, 0.5) is 15.9 Å². The fourth-order valence-electron chi connectivity index (χ4n) is 5.25. The van der Waals surface area contributed by atoms with Crippen LogP contribution >= 0.6 is 23.2 Å². The number of anilines is 2. The number of hydrogen-bond donors (Lipinski definition) is 2. The van der Waals surface area contributed by atoms with E-state index < -0.39 is 11.9 Å². The van der Waals surface area contributed by atoms with E-state index in [1.165, 1.54) is 18.5 Å². The Bertz CT molecular complexity index is 1340. The van der Waals surface area contributed by atoms with Crippen molar-refractivity contribution in [2.45, 2.75) is 20.0 Å². The lowest BCUT2D eigenvalue weighted by atomic mass is 9.81. The number of morpholine rings is 1. The van der Waals surface area contributed by atoms with Gasteiger partial charge >= 0.3 is 0 Å². The van der Waals surface area contributed by atoms with Crippen LogP contribution in [0.15, 0.2) is 42.9 Å². The second-order valence-electron chi connectivity index (χ2n) is 10.5. The predicted molar refractivity (Wildman–Crippen MR) is 152 cm³/mol. The van der Waals surface area contributed by atoms with Crippen molar-refractivity contribution in [2.24, 2.45) is 5.41 Å². The van der Waals surface area contributed by atoms with Gasteiger partial charge in [-0.3, -0.25) is 15.3 Å². The standard InChI is InChI=1S/C28H31Cl2FN6O2/c1-17(26-20(29)12-34-13-21(26)30)39-24-9-19(23(32)10-22(24)31)27(33)18-3-4-25(35-11-18)37-15-28(2,16-37)14-36-5-7-38-8-6-36/h3-4,9-13,17,33H,5-8,14-16,32H2,1-2H3/t17-/m1/s1. The largest absolute Gasteiger partial charge is 0.483 e. The number of rotatable bonds is 8. The zero-order chi connectivity index (χ0) is 27.7. The molecule has 4 heterocycles. The van der Waals surface area contributed by atoms with E-state index in [0.29, 0.717) is 26.7 Å². The predicted octanol–water partition coefficient (Wildman–Crippen LogP) is 5.22. The molecule has 0 spiro atoms. The fourth-order valence-corrected chi connectivity index (χ4v) is 5.92. The maximum atomic E-state index is 14.8. The lowest BCUT2D eigenvalue weighted by molar-refractivity contribution is 0.0133. The first-order valence-corrected chi connectivity index (χ1v) is 13.5. The van der Waals surface area contributed by atoms with E-state index in [2.05, 4.69) is 26.7 Å². The van der Waals surface area contributed by atoms with E-state index in [1.807, 2.05) is 12.1 Å². The Morgan fingerprint density at radius 2 is 1.87 bits per heavy atom. The normalized spacial score (nSPS) is 17.9. The van der Waals surface area contributed by atoms with Crippen molar-refractivity contribution in [3.63, 3.8) is 0 Å². The molecule has 2 aliphatic rings. The Morgan fingerprint density at radius 3 is 2.51 bits per heavy atom. The summed E-state index contributed by atoms with van der Waals surface area (Å²) < 4.78 is 26.1. The minimum absolute atomic E-state index is 0.0647. The third kappa shape index (κ3) is 5.96. The highest BCUT2D eigenvalue weighted by Gasteiger charge is 2.40. The van der Waals surface area contributed by atoms with Gasteiger partial charge in [-0.25, -0.2) is 9.37 Å². The van der Waals surface area contributed by atoms with Crippen molar-refractivity contribution in [3.05, 3.63) is 75.4 Å². The van der Waals surface area contributed by atoms with E-state index in [9.17, 15) is 4.39 Å². The molecule has 0 unspecified atom stereocenters. The summed E-state index contributed by atoms with van der Waals surface area (Å²) in [6, 6.07) is 6.32. The molecule has 1 atom stereocenters. The Hall–Kier alpha value is -2.98. The van der Waals surface area contributed by atoms with Gasteiger partial charge in [-0.15, -0.1) is 0 Å². The lowest BCUT2D eigenvalue weighted by Gasteiger charge is -2.51. The molecular weight excluding hydrogens is 542 g/mol. The summed E-state index contributed by atoms with van der Waals surface area (Å²) in [6.45, 7) is 10.5. The maximum absolute atomic E-state index is 14.8. The molecule has 0 amide bonds. The topological polar surface area (TPSA) is 101 Å². The number of aromatic nitrogens is 2. The first-order valence-electron chi connectivity index (χ1n) is 12.8. The molecule has 5 rings (SSSR count). The summed E-state index contributed by atoms with van der Waals surface area (Å²) in [6.07, 6.45) is 3.88. The van der Waals surface area contributed by atoms with Gasteiger partial charge < -0.3 is 20.1 Å². The van der Waals surface area contributed by atoms with Crippen LogP contribution in [-0.4, -0.2) is 66.5 Å². The number of nitrogen functional groups attached to an aromatic ring is 1. The number of nitrogens with zero attached hydrogens (tertiary/aromatic N) is 4. The van der Waals surface area contributed by atoms with Crippen molar-refractivity contribution in [2.75, 3.05) is 56.6 Å². The van der Waals surface area contributed by atoms with Gasteiger partial charge in [-0.1, -0.05) is 30.1 Å². The summed E-state index contributed by atoms with van der Waals surface area (Å²) in [7, 11) is 0. The van der Waals surface area contributed by atoms with E-state index in [0.717, 1.165) is 57.8 Å². The van der Waals surface area contributed by atoms with Gasteiger partial charge in [-0.2, -0.15) is 0 Å². The number of pyridine rings is 2. The van der Waals surface area contributed by atoms with Gasteiger partial charge in [0, 0.05) is 85.2 Å². The number of halogens is 3. The minimum atomic E-state index is -0.667. The molecule has 1 aromatic carbocycles. The zero-order valence-corrected chi connectivity index (χ0v) is 23.4. The Kier molecular flexibility index (Phi) is 7.96. The van der Waals surface area contributed by atoms with Crippen LogP contribution in [0, 0.1) is 16.6 Å². The third-order valence-corrected chi connectivity index (χ3v) is 7.79. The first-order chi connectivity index (χ1) is 18.6. The van der Waals surface area contributed by atoms with Gasteiger partial charge in [0.1, 0.15) is 11.9 Å². The summed E-state index contributed by atoms with van der Waals surface area (Å²) in [4.78, 5) is 13.2. The van der Waals surface area contributed by atoms with Gasteiger partial charge in [0.15, 0.2) is 11.6 Å². The molecule has 0 bridgehead atoms. The molecule has 0 saturated carbocycles. The SMILES string of the molecule is C[C@@H](Oc1cc(C(=N)c2ccc(N3CC(C)(CN4CCOCC4)C3)nc2)c(N)cc1F)c1c(Cl)cncc1Cl. The van der Waals surface area contributed by atoms with E-state index in [-0.39, 0.29) is 22.6 Å². The molecule has 2 saturated heterocycles. The number of nitrogens with two attached hydrogens (primary N) is 1. The number of hydrogen-bond acceptors (Lipinski definition) is 8. The van der Waals surface area contributed by atoms with Crippen LogP contribution < -0.4 is 15.4 Å². The van der Waals surface area contributed by atoms with E-state index >= 15 is 0 Å². The Morgan fingerprint density at radius 1 is 1.18 bits per heavy atom. The van der Waals surface area contributed by atoms with Crippen LogP contribution in [0.2, 0.25) is 10.0 Å². The number of ether oxygens (including phenoxy) is 2. The second kappa shape index (κ2) is 11.3. The van der Waals surface area contributed by atoms with Crippen molar-refractivity contribution in [3.8, 4) is 5.75 Å². The molecule has 3 aromatic rings. The molecule has 2 aliphatic heterocycles. The monoisotopic (exact) mass is 572 g/mol. The highest BCUT2D eigenvalue weighted by Crippen LogP contribution is 2.36. The summed E-state index contributed by atoms with van der Waals surface area (Å²) in [5.41, 5.74) is 7.96.